The van der Waals surface area contributed by atoms with Gasteiger partial charge < -0.3 is 10.0 Å². The number of amides is 1. The van der Waals surface area contributed by atoms with Crippen molar-refractivity contribution in [1.29, 1.82) is 0 Å². The zero-order valence-corrected chi connectivity index (χ0v) is 13.8. The van der Waals surface area contributed by atoms with Gasteiger partial charge in [0.2, 0.25) is 5.91 Å². The molecule has 1 fully saturated rings. The van der Waals surface area contributed by atoms with Crippen molar-refractivity contribution < 1.29 is 23.1 Å². The van der Waals surface area contributed by atoms with Gasteiger partial charge in [-0.1, -0.05) is 0 Å². The molecule has 1 saturated heterocycles. The topological polar surface area (TPSA) is 56.7 Å². The smallest absolute Gasteiger partial charge is 0.395 e. The van der Waals surface area contributed by atoms with Crippen molar-refractivity contribution in [3.8, 4) is 0 Å². The normalized spacial score (nSPS) is 21.5. The summed E-state index contributed by atoms with van der Waals surface area (Å²) in [7, 11) is 1.87. The van der Waals surface area contributed by atoms with Crippen LogP contribution < -0.4 is 0 Å². The van der Waals surface area contributed by atoms with Crippen LogP contribution in [0.1, 0.15) is 24.5 Å². The van der Waals surface area contributed by atoms with Gasteiger partial charge in [-0.05, 0) is 32.0 Å². The highest BCUT2D eigenvalue weighted by Crippen LogP contribution is 2.32. The number of nitrogens with zero attached hydrogens (tertiary/aromatic N) is 3. The number of rotatable bonds is 5. The van der Waals surface area contributed by atoms with E-state index < -0.39 is 11.7 Å². The highest BCUT2D eigenvalue weighted by Gasteiger charge is 2.38. The molecule has 1 amide bonds. The van der Waals surface area contributed by atoms with Crippen LogP contribution in [0.3, 0.4) is 0 Å². The van der Waals surface area contributed by atoms with Crippen molar-refractivity contribution in [2.24, 2.45) is 0 Å². The molecule has 2 rings (SSSR count). The molecule has 1 aliphatic rings. The van der Waals surface area contributed by atoms with Crippen molar-refractivity contribution in [3.05, 3.63) is 29.6 Å². The molecule has 0 spiro atoms. The maximum atomic E-state index is 13.0. The Hall–Kier alpha value is -1.67. The molecule has 0 saturated carbocycles. The molecule has 0 unspecified atom stereocenters. The monoisotopic (exact) mass is 345 g/mol. The first-order chi connectivity index (χ1) is 11.3. The molecule has 0 radical (unpaired) electrons. The second-order valence-corrected chi connectivity index (χ2v) is 6.10. The van der Waals surface area contributed by atoms with E-state index in [-0.39, 0.29) is 36.6 Å². The van der Waals surface area contributed by atoms with E-state index in [2.05, 4.69) is 4.98 Å². The number of pyridine rings is 1. The lowest BCUT2D eigenvalue weighted by molar-refractivity contribution is -0.138. The maximum Gasteiger partial charge on any atom is 0.416 e. The fourth-order valence-corrected chi connectivity index (χ4v) is 3.30. The van der Waals surface area contributed by atoms with Crippen molar-refractivity contribution >= 4 is 5.91 Å². The highest BCUT2D eigenvalue weighted by molar-refractivity contribution is 5.79. The molecule has 24 heavy (non-hydrogen) atoms. The number of aliphatic hydroxyl groups is 1. The predicted molar refractivity (Wildman–Crippen MR) is 82.2 cm³/mol. The largest absolute Gasteiger partial charge is 0.416 e. The molecule has 1 N–H and O–H groups in total. The van der Waals surface area contributed by atoms with Crippen molar-refractivity contribution in [3.63, 3.8) is 0 Å². The molecule has 2 heterocycles. The number of halogens is 3. The SMILES string of the molecule is C[C@@H]1[C@H](N(C)CCO)CCN1C(=O)Cc1cnccc1C(F)(F)F. The summed E-state index contributed by atoms with van der Waals surface area (Å²) in [5.41, 5.74) is -0.916. The lowest BCUT2D eigenvalue weighted by Gasteiger charge is -2.30. The van der Waals surface area contributed by atoms with Gasteiger partial charge in [0.25, 0.3) is 0 Å². The number of aliphatic hydroxyl groups excluding tert-OH is 1. The average Bonchev–Trinajstić information content (AvgIpc) is 2.89. The Kier molecular flexibility index (Phi) is 5.82. The van der Waals surface area contributed by atoms with Gasteiger partial charge in [-0.2, -0.15) is 13.2 Å². The molecule has 2 atom stereocenters. The number of aromatic nitrogens is 1. The summed E-state index contributed by atoms with van der Waals surface area (Å²) in [4.78, 5) is 19.8. The lowest BCUT2D eigenvalue weighted by atomic mass is 10.1. The average molecular weight is 345 g/mol. The van der Waals surface area contributed by atoms with Gasteiger partial charge >= 0.3 is 6.18 Å². The fourth-order valence-electron chi connectivity index (χ4n) is 3.30. The molecule has 0 aliphatic carbocycles. The van der Waals surface area contributed by atoms with Gasteiger partial charge in [0, 0.05) is 37.6 Å². The molecule has 1 aromatic rings. The Morgan fingerprint density at radius 3 is 2.83 bits per heavy atom. The van der Waals surface area contributed by atoms with Gasteiger partial charge in [-0.25, -0.2) is 0 Å². The van der Waals surface area contributed by atoms with E-state index in [9.17, 15) is 18.0 Å². The van der Waals surface area contributed by atoms with Gasteiger partial charge in [0.05, 0.1) is 18.6 Å². The van der Waals surface area contributed by atoms with E-state index in [0.29, 0.717) is 13.1 Å². The Bertz CT molecular complexity index is 580. The van der Waals surface area contributed by atoms with Crippen molar-refractivity contribution in [2.75, 3.05) is 26.7 Å². The predicted octanol–water partition coefficient (Wildman–Crippen LogP) is 1.56. The van der Waals surface area contributed by atoms with E-state index in [4.69, 9.17) is 5.11 Å². The summed E-state index contributed by atoms with van der Waals surface area (Å²) in [5.74, 6) is -0.333. The van der Waals surface area contributed by atoms with Crippen LogP contribution in [0, 0.1) is 0 Å². The summed E-state index contributed by atoms with van der Waals surface area (Å²) in [5, 5.41) is 9.02. The molecule has 1 aliphatic heterocycles. The number of likely N-dealkylation sites (N-methyl/N-ethyl adjacent to an activating group) is 1. The lowest BCUT2D eigenvalue weighted by Crippen LogP contribution is -2.45. The molecular weight excluding hydrogens is 323 g/mol. The summed E-state index contributed by atoms with van der Waals surface area (Å²) in [6.45, 7) is 2.91. The summed E-state index contributed by atoms with van der Waals surface area (Å²) in [6, 6.07) is 0.880. The molecule has 0 bridgehead atoms. The second kappa shape index (κ2) is 7.48. The zero-order chi connectivity index (χ0) is 17.9. The summed E-state index contributed by atoms with van der Waals surface area (Å²) in [6.07, 6.45) is -1.89. The van der Waals surface area contributed by atoms with Gasteiger partial charge in [-0.3, -0.25) is 14.7 Å². The van der Waals surface area contributed by atoms with Crippen molar-refractivity contribution in [1.82, 2.24) is 14.8 Å². The summed E-state index contributed by atoms with van der Waals surface area (Å²) >= 11 is 0. The van der Waals surface area contributed by atoms with Gasteiger partial charge in [-0.15, -0.1) is 0 Å². The number of hydrogen-bond acceptors (Lipinski definition) is 4. The molecule has 8 heteroatoms. The Balaban J connectivity index is 2.09. The number of carbonyl (C=O) groups is 1. The van der Waals surface area contributed by atoms with E-state index in [0.717, 1.165) is 24.9 Å². The van der Waals surface area contributed by atoms with E-state index in [1.165, 1.54) is 0 Å². The third kappa shape index (κ3) is 4.05. The van der Waals surface area contributed by atoms with Crippen molar-refractivity contribution in [2.45, 2.75) is 38.0 Å². The summed E-state index contributed by atoms with van der Waals surface area (Å²) < 4.78 is 39.1. The molecule has 0 aromatic carbocycles. The first-order valence-electron chi connectivity index (χ1n) is 7.86. The number of hydrogen-bond donors (Lipinski definition) is 1. The Morgan fingerprint density at radius 1 is 1.50 bits per heavy atom. The van der Waals surface area contributed by atoms with Crippen LogP contribution in [-0.4, -0.2) is 64.6 Å². The minimum atomic E-state index is -4.50. The van der Waals surface area contributed by atoms with Crippen LogP contribution in [-0.2, 0) is 17.4 Å². The molecule has 1 aromatic heterocycles. The highest BCUT2D eigenvalue weighted by atomic mass is 19.4. The van der Waals surface area contributed by atoms with Crippen LogP contribution >= 0.6 is 0 Å². The third-order valence-electron chi connectivity index (χ3n) is 4.60. The minimum absolute atomic E-state index is 0.0261. The van der Waals surface area contributed by atoms with Crippen LogP contribution in [0.25, 0.3) is 0 Å². The first kappa shape index (κ1) is 18.7. The van der Waals surface area contributed by atoms with Gasteiger partial charge in [0.1, 0.15) is 0 Å². The van der Waals surface area contributed by atoms with Gasteiger partial charge in [0.15, 0.2) is 0 Å². The van der Waals surface area contributed by atoms with Crippen LogP contribution in [0.15, 0.2) is 18.5 Å². The number of carbonyl (C=O) groups excluding carboxylic acids is 1. The third-order valence-corrected chi connectivity index (χ3v) is 4.60. The van der Waals surface area contributed by atoms with Crippen LogP contribution in [0.2, 0.25) is 0 Å². The molecule has 5 nitrogen and oxygen atoms in total. The van der Waals surface area contributed by atoms with E-state index >= 15 is 0 Å². The Morgan fingerprint density at radius 2 is 2.21 bits per heavy atom. The van der Waals surface area contributed by atoms with E-state index in [1.54, 1.807) is 4.90 Å². The fraction of sp³-hybridized carbons (Fsp3) is 0.625. The number of likely N-dealkylation sites (tertiary alicyclic amines) is 1. The zero-order valence-electron chi connectivity index (χ0n) is 13.8. The quantitative estimate of drug-likeness (QED) is 0.880. The van der Waals surface area contributed by atoms with Crippen LogP contribution in [0.4, 0.5) is 13.2 Å². The molecular formula is C16H22F3N3O2. The maximum absolute atomic E-state index is 13.0. The minimum Gasteiger partial charge on any atom is -0.395 e. The second-order valence-electron chi connectivity index (χ2n) is 6.10. The first-order valence-corrected chi connectivity index (χ1v) is 7.86. The molecule has 134 valence electrons. The Labute approximate surface area is 139 Å². The number of alkyl halides is 3. The standard InChI is InChI=1S/C16H22F3N3O2/c1-11-14(21(2)7-8-23)4-6-22(11)15(24)9-12-10-20-5-3-13(12)16(17,18)19/h3,5,10-11,14,23H,4,6-9H2,1-2H3/t11-,14-/m1/s1. The van der Waals surface area contributed by atoms with E-state index in [1.807, 2.05) is 18.9 Å². The van der Waals surface area contributed by atoms with Crippen LogP contribution in [0.5, 0.6) is 0 Å².